The number of aromatic nitrogens is 1. The van der Waals surface area contributed by atoms with E-state index in [9.17, 15) is 0 Å². The molecule has 0 saturated carbocycles. The highest BCUT2D eigenvalue weighted by Crippen LogP contribution is 2.35. The quantitative estimate of drug-likeness (QED) is 0.895. The van der Waals surface area contributed by atoms with Crippen molar-refractivity contribution in [1.29, 1.82) is 0 Å². The van der Waals surface area contributed by atoms with Crippen LogP contribution in [0, 0.1) is 5.92 Å². The zero-order valence-corrected chi connectivity index (χ0v) is 12.5. The highest BCUT2D eigenvalue weighted by molar-refractivity contribution is 5.83. The molecule has 2 atom stereocenters. The lowest BCUT2D eigenvalue weighted by atomic mass is 9.88. The molecule has 2 heterocycles. The monoisotopic (exact) mass is 271 g/mol. The molecule has 1 aliphatic rings. The van der Waals surface area contributed by atoms with E-state index >= 15 is 0 Å². The van der Waals surface area contributed by atoms with Gasteiger partial charge in [-0.1, -0.05) is 32.4 Å². The van der Waals surface area contributed by atoms with E-state index in [2.05, 4.69) is 59.5 Å². The van der Waals surface area contributed by atoms with Crippen LogP contribution < -0.4 is 5.32 Å². The van der Waals surface area contributed by atoms with Crippen molar-refractivity contribution >= 4 is 10.9 Å². The van der Waals surface area contributed by atoms with Gasteiger partial charge in [0.1, 0.15) is 0 Å². The van der Waals surface area contributed by atoms with Crippen LogP contribution in [-0.2, 0) is 0 Å². The molecule has 20 heavy (non-hydrogen) atoms. The van der Waals surface area contributed by atoms with Gasteiger partial charge in [-0.3, -0.25) is 4.90 Å². The molecule has 1 aliphatic heterocycles. The van der Waals surface area contributed by atoms with Gasteiger partial charge in [0.2, 0.25) is 0 Å². The lowest BCUT2D eigenvalue weighted by molar-refractivity contribution is 0.129. The van der Waals surface area contributed by atoms with Crippen LogP contribution in [0.25, 0.3) is 10.9 Å². The summed E-state index contributed by atoms with van der Waals surface area (Å²) in [6.45, 7) is 9.20. The molecule has 0 spiro atoms. The first-order valence-corrected chi connectivity index (χ1v) is 7.82. The first-order valence-electron chi connectivity index (χ1n) is 7.82. The van der Waals surface area contributed by atoms with E-state index in [1.54, 1.807) is 0 Å². The number of nitrogens with zero attached hydrogens (tertiary/aromatic N) is 1. The second kappa shape index (κ2) is 5.98. The van der Waals surface area contributed by atoms with Crippen molar-refractivity contribution in [2.45, 2.75) is 26.3 Å². The van der Waals surface area contributed by atoms with Crippen LogP contribution in [-0.4, -0.2) is 36.1 Å². The topological polar surface area (TPSA) is 31.1 Å². The number of rotatable bonds is 4. The predicted octanol–water partition coefficient (Wildman–Crippen LogP) is 3.16. The highest BCUT2D eigenvalue weighted by atomic mass is 15.2. The summed E-state index contributed by atoms with van der Waals surface area (Å²) in [5, 5.41) is 4.85. The number of aromatic amines is 1. The minimum atomic E-state index is 0.529. The standard InChI is InChI=1S/C17H25N3/c1-3-13(2)17(20-11-9-18-10-12-20)15-5-4-6-16-14(15)7-8-19-16/h4-8,13,17-19H,3,9-12H2,1-2H3/t13?,17-/m1/s1. The fourth-order valence-corrected chi connectivity index (χ4v) is 3.41. The summed E-state index contributed by atoms with van der Waals surface area (Å²) in [5.74, 6) is 0.675. The predicted molar refractivity (Wildman–Crippen MR) is 84.9 cm³/mol. The summed E-state index contributed by atoms with van der Waals surface area (Å²) in [4.78, 5) is 6.00. The molecule has 0 amide bonds. The molecule has 1 fully saturated rings. The van der Waals surface area contributed by atoms with Crippen LogP contribution in [0.3, 0.4) is 0 Å². The van der Waals surface area contributed by atoms with E-state index in [4.69, 9.17) is 0 Å². The van der Waals surface area contributed by atoms with E-state index in [-0.39, 0.29) is 0 Å². The van der Waals surface area contributed by atoms with Crippen molar-refractivity contribution in [3.63, 3.8) is 0 Å². The maximum absolute atomic E-state index is 3.46. The molecule has 3 nitrogen and oxygen atoms in total. The maximum Gasteiger partial charge on any atom is 0.0457 e. The van der Waals surface area contributed by atoms with Crippen LogP contribution in [0.15, 0.2) is 30.5 Å². The molecule has 1 aromatic heterocycles. The molecule has 1 unspecified atom stereocenters. The van der Waals surface area contributed by atoms with Crippen molar-refractivity contribution < 1.29 is 0 Å². The third-order valence-corrected chi connectivity index (χ3v) is 4.68. The van der Waals surface area contributed by atoms with Gasteiger partial charge in [0, 0.05) is 49.3 Å². The van der Waals surface area contributed by atoms with E-state index < -0.39 is 0 Å². The maximum atomic E-state index is 3.46. The van der Waals surface area contributed by atoms with Crippen molar-refractivity contribution in [3.8, 4) is 0 Å². The van der Waals surface area contributed by atoms with E-state index in [1.807, 2.05) is 0 Å². The second-order valence-electron chi connectivity index (χ2n) is 5.90. The Kier molecular flexibility index (Phi) is 4.08. The Balaban J connectivity index is 2.01. The number of hydrogen-bond donors (Lipinski definition) is 2. The summed E-state index contributed by atoms with van der Waals surface area (Å²) >= 11 is 0. The molecule has 1 aromatic carbocycles. The lowest BCUT2D eigenvalue weighted by Crippen LogP contribution is -2.46. The van der Waals surface area contributed by atoms with Gasteiger partial charge in [-0.05, 0) is 23.6 Å². The number of hydrogen-bond acceptors (Lipinski definition) is 2. The summed E-state index contributed by atoms with van der Waals surface area (Å²) in [5.41, 5.74) is 2.74. The van der Waals surface area contributed by atoms with Crippen molar-refractivity contribution in [3.05, 3.63) is 36.0 Å². The fraction of sp³-hybridized carbons (Fsp3) is 0.529. The van der Waals surface area contributed by atoms with Gasteiger partial charge in [-0.25, -0.2) is 0 Å². The Hall–Kier alpha value is -1.32. The van der Waals surface area contributed by atoms with Crippen molar-refractivity contribution in [2.75, 3.05) is 26.2 Å². The van der Waals surface area contributed by atoms with Crippen LogP contribution in [0.1, 0.15) is 31.9 Å². The van der Waals surface area contributed by atoms with Crippen LogP contribution in [0.2, 0.25) is 0 Å². The van der Waals surface area contributed by atoms with Crippen LogP contribution in [0.5, 0.6) is 0 Å². The molecule has 108 valence electrons. The Morgan fingerprint density at radius 3 is 2.75 bits per heavy atom. The molecule has 0 bridgehead atoms. The third kappa shape index (κ3) is 2.48. The summed E-state index contributed by atoms with van der Waals surface area (Å²) in [6, 6.07) is 9.43. The number of fused-ring (bicyclic) bond motifs is 1. The van der Waals surface area contributed by atoms with Gasteiger partial charge >= 0.3 is 0 Å². The van der Waals surface area contributed by atoms with E-state index in [0.29, 0.717) is 12.0 Å². The molecule has 0 aliphatic carbocycles. The number of nitrogens with one attached hydrogen (secondary N) is 2. The SMILES string of the molecule is CCC(C)[C@H](c1cccc2[nH]ccc12)N1CCNCC1. The second-order valence-corrected chi connectivity index (χ2v) is 5.90. The smallest absolute Gasteiger partial charge is 0.0457 e. The van der Waals surface area contributed by atoms with E-state index in [1.165, 1.54) is 22.9 Å². The highest BCUT2D eigenvalue weighted by Gasteiger charge is 2.27. The Morgan fingerprint density at radius 2 is 2.00 bits per heavy atom. The number of piperazine rings is 1. The largest absolute Gasteiger partial charge is 0.361 e. The fourth-order valence-electron chi connectivity index (χ4n) is 3.41. The molecule has 3 rings (SSSR count). The zero-order chi connectivity index (χ0) is 13.9. The molecule has 0 radical (unpaired) electrons. The van der Waals surface area contributed by atoms with E-state index in [0.717, 1.165) is 26.2 Å². The van der Waals surface area contributed by atoms with Gasteiger partial charge in [0.25, 0.3) is 0 Å². The first kappa shape index (κ1) is 13.7. The molecule has 2 N–H and O–H groups in total. The van der Waals surface area contributed by atoms with Gasteiger partial charge < -0.3 is 10.3 Å². The lowest BCUT2D eigenvalue weighted by Gasteiger charge is -2.38. The minimum absolute atomic E-state index is 0.529. The van der Waals surface area contributed by atoms with Gasteiger partial charge in [-0.15, -0.1) is 0 Å². The Labute approximate surface area is 121 Å². The van der Waals surface area contributed by atoms with Crippen molar-refractivity contribution in [1.82, 2.24) is 15.2 Å². The van der Waals surface area contributed by atoms with Crippen molar-refractivity contribution in [2.24, 2.45) is 5.92 Å². The van der Waals surface area contributed by atoms with Gasteiger partial charge in [-0.2, -0.15) is 0 Å². The molecular weight excluding hydrogens is 246 g/mol. The average molecular weight is 271 g/mol. The normalized spacial score (nSPS) is 20.1. The molecule has 2 aromatic rings. The zero-order valence-electron chi connectivity index (χ0n) is 12.5. The molecule has 3 heteroatoms. The summed E-state index contributed by atoms with van der Waals surface area (Å²) in [7, 11) is 0. The number of benzene rings is 1. The van der Waals surface area contributed by atoms with Gasteiger partial charge in [0.05, 0.1) is 0 Å². The van der Waals surface area contributed by atoms with Gasteiger partial charge in [0.15, 0.2) is 0 Å². The molecular formula is C17H25N3. The Bertz CT molecular complexity index is 554. The van der Waals surface area contributed by atoms with Crippen LogP contribution >= 0.6 is 0 Å². The first-order chi connectivity index (χ1) is 9.81. The third-order valence-electron chi connectivity index (χ3n) is 4.68. The summed E-state index contributed by atoms with van der Waals surface area (Å²) in [6.07, 6.45) is 3.27. The average Bonchev–Trinajstić information content (AvgIpc) is 2.98. The van der Waals surface area contributed by atoms with Crippen LogP contribution in [0.4, 0.5) is 0 Å². The minimum Gasteiger partial charge on any atom is -0.361 e. The summed E-state index contributed by atoms with van der Waals surface area (Å²) < 4.78 is 0. The number of H-pyrrole nitrogens is 1. The Morgan fingerprint density at radius 1 is 1.20 bits per heavy atom. The molecule has 1 saturated heterocycles.